The van der Waals surface area contributed by atoms with E-state index in [0.29, 0.717) is 50.4 Å². The summed E-state index contributed by atoms with van der Waals surface area (Å²) in [4.78, 5) is 26.7. The number of carbonyl (C=O) groups is 2. The quantitative estimate of drug-likeness (QED) is 0.749. The summed E-state index contributed by atoms with van der Waals surface area (Å²) in [6.45, 7) is 2.22. The summed E-state index contributed by atoms with van der Waals surface area (Å²) in [6.07, 6.45) is 3.44. The third-order valence-corrected chi connectivity index (χ3v) is 5.31. The predicted octanol–water partition coefficient (Wildman–Crippen LogP) is 1.48. The molecule has 0 aromatic carbocycles. The van der Waals surface area contributed by atoms with Crippen LogP contribution in [0.2, 0.25) is 5.15 Å². The number of ether oxygens (including phenoxy) is 1. The number of aromatic nitrogens is 3. The van der Waals surface area contributed by atoms with Crippen LogP contribution >= 0.6 is 11.6 Å². The zero-order valence-electron chi connectivity index (χ0n) is 15.4. The minimum Gasteiger partial charge on any atom is -0.376 e. The van der Waals surface area contributed by atoms with Crippen molar-refractivity contribution in [1.82, 2.24) is 25.6 Å². The first-order valence-electron chi connectivity index (χ1n) is 9.45. The average molecular weight is 408 g/mol. The molecule has 2 amide bonds. The summed E-state index contributed by atoms with van der Waals surface area (Å²) in [6, 6.07) is 1.61. The molecule has 2 N–H and O–H groups in total. The Hall–Kier alpha value is -2.39. The number of amides is 2. The molecule has 0 radical (unpaired) electrons. The van der Waals surface area contributed by atoms with Crippen LogP contribution in [-0.4, -0.2) is 57.9 Å². The van der Waals surface area contributed by atoms with E-state index in [0.717, 1.165) is 30.7 Å². The van der Waals surface area contributed by atoms with Crippen LogP contribution in [0, 0.1) is 0 Å². The number of halogens is 1. The lowest BCUT2D eigenvalue weighted by atomic mass is 10.0. The first-order chi connectivity index (χ1) is 13.6. The highest BCUT2D eigenvalue weighted by Crippen LogP contribution is 2.21. The fourth-order valence-electron chi connectivity index (χ4n) is 3.61. The van der Waals surface area contributed by atoms with Crippen molar-refractivity contribution in [3.05, 3.63) is 33.9 Å². The smallest absolute Gasteiger partial charge is 0.272 e. The molecule has 2 aromatic heterocycles. The Morgan fingerprint density at radius 3 is 3.07 bits per heavy atom. The van der Waals surface area contributed by atoms with Crippen molar-refractivity contribution in [1.29, 1.82) is 0 Å². The van der Waals surface area contributed by atoms with Crippen molar-refractivity contribution < 1.29 is 18.8 Å². The molecule has 0 aliphatic carbocycles. The molecule has 1 fully saturated rings. The fraction of sp³-hybridized carbons (Fsp3) is 0.556. The first kappa shape index (κ1) is 18.9. The lowest BCUT2D eigenvalue weighted by Crippen LogP contribution is -2.37. The van der Waals surface area contributed by atoms with E-state index in [1.165, 1.54) is 0 Å². The van der Waals surface area contributed by atoms with Gasteiger partial charge in [-0.3, -0.25) is 14.7 Å². The Bertz CT molecular complexity index is 858. The van der Waals surface area contributed by atoms with Gasteiger partial charge in [0.05, 0.1) is 18.3 Å². The van der Waals surface area contributed by atoms with Gasteiger partial charge >= 0.3 is 0 Å². The van der Waals surface area contributed by atoms with Crippen LogP contribution in [-0.2, 0) is 28.9 Å². The van der Waals surface area contributed by atoms with Crippen LogP contribution in [0.3, 0.4) is 0 Å². The summed E-state index contributed by atoms with van der Waals surface area (Å²) >= 11 is 5.72. The zero-order chi connectivity index (χ0) is 19.5. The van der Waals surface area contributed by atoms with Crippen molar-refractivity contribution in [3.8, 4) is 0 Å². The Kier molecular flexibility index (Phi) is 5.63. The lowest BCUT2D eigenvalue weighted by Gasteiger charge is -2.26. The van der Waals surface area contributed by atoms with Gasteiger partial charge in [-0.25, -0.2) is 0 Å². The minimum atomic E-state index is -0.199. The van der Waals surface area contributed by atoms with Crippen LogP contribution in [0.1, 0.15) is 46.8 Å². The maximum atomic E-state index is 12.5. The average Bonchev–Trinajstić information content (AvgIpc) is 3.44. The fourth-order valence-corrected chi connectivity index (χ4v) is 3.76. The van der Waals surface area contributed by atoms with Gasteiger partial charge in [0.1, 0.15) is 5.76 Å². The van der Waals surface area contributed by atoms with E-state index in [4.69, 9.17) is 20.9 Å². The Labute approximate surface area is 166 Å². The minimum absolute atomic E-state index is 0.0113. The molecule has 0 spiro atoms. The molecule has 150 valence electrons. The lowest BCUT2D eigenvalue weighted by molar-refractivity contribution is -0.132. The standard InChI is InChI=1S/C18H22ClN5O4/c19-15-8-11(28-23-15)3-4-16(25)24-6-5-13-14(10-24)21-22-17(13)18(26)20-9-12-2-1-7-27-12/h8,12H,1-7,9-10H2,(H,20,26)(H,21,22). The van der Waals surface area contributed by atoms with E-state index in [1.54, 1.807) is 11.0 Å². The van der Waals surface area contributed by atoms with Gasteiger partial charge in [-0.1, -0.05) is 16.8 Å². The van der Waals surface area contributed by atoms with Crippen LogP contribution in [0.5, 0.6) is 0 Å². The molecule has 1 atom stereocenters. The summed E-state index contributed by atoms with van der Waals surface area (Å²) in [5.41, 5.74) is 2.11. The third kappa shape index (κ3) is 4.20. The zero-order valence-corrected chi connectivity index (χ0v) is 16.1. The highest BCUT2D eigenvalue weighted by atomic mass is 35.5. The molecule has 4 rings (SSSR count). The summed E-state index contributed by atoms with van der Waals surface area (Å²) in [7, 11) is 0. The maximum Gasteiger partial charge on any atom is 0.272 e. The van der Waals surface area contributed by atoms with Gasteiger partial charge in [0.2, 0.25) is 5.91 Å². The highest BCUT2D eigenvalue weighted by molar-refractivity contribution is 6.29. The van der Waals surface area contributed by atoms with Gasteiger partial charge < -0.3 is 19.5 Å². The van der Waals surface area contributed by atoms with Gasteiger partial charge in [0, 0.05) is 44.2 Å². The second-order valence-corrected chi connectivity index (χ2v) is 7.44. The van der Waals surface area contributed by atoms with Gasteiger partial charge in [-0.05, 0) is 19.3 Å². The number of rotatable bonds is 6. The monoisotopic (exact) mass is 407 g/mol. The number of nitrogens with one attached hydrogen (secondary N) is 2. The topological polar surface area (TPSA) is 113 Å². The molecule has 9 nitrogen and oxygen atoms in total. The molecular formula is C18H22ClN5O4. The van der Waals surface area contributed by atoms with Crippen LogP contribution in [0.15, 0.2) is 10.6 Å². The molecule has 0 bridgehead atoms. The number of fused-ring (bicyclic) bond motifs is 1. The highest BCUT2D eigenvalue weighted by Gasteiger charge is 2.28. The van der Waals surface area contributed by atoms with Crippen molar-refractivity contribution in [2.45, 2.75) is 44.8 Å². The summed E-state index contributed by atoms with van der Waals surface area (Å²) in [5, 5.41) is 13.9. The molecule has 2 aliphatic heterocycles. The number of aromatic amines is 1. The molecule has 0 saturated carbocycles. The Balaban J connectivity index is 1.31. The van der Waals surface area contributed by atoms with E-state index in [9.17, 15) is 9.59 Å². The van der Waals surface area contributed by atoms with Gasteiger partial charge in [0.25, 0.3) is 5.91 Å². The molecular weight excluding hydrogens is 386 g/mol. The summed E-state index contributed by atoms with van der Waals surface area (Å²) in [5.74, 6) is 0.398. The second kappa shape index (κ2) is 8.32. The van der Waals surface area contributed by atoms with Crippen molar-refractivity contribution >= 4 is 23.4 Å². The van der Waals surface area contributed by atoms with Crippen LogP contribution in [0.25, 0.3) is 0 Å². The normalized spacial score (nSPS) is 18.9. The molecule has 4 heterocycles. The number of carbonyl (C=O) groups excluding carboxylic acids is 2. The number of nitrogens with zero attached hydrogens (tertiary/aromatic N) is 3. The van der Waals surface area contributed by atoms with Gasteiger partial charge in [0.15, 0.2) is 10.8 Å². The van der Waals surface area contributed by atoms with Crippen molar-refractivity contribution in [2.75, 3.05) is 19.7 Å². The molecule has 2 aromatic rings. The molecule has 10 heteroatoms. The molecule has 1 saturated heterocycles. The maximum absolute atomic E-state index is 12.5. The molecule has 28 heavy (non-hydrogen) atoms. The van der Waals surface area contributed by atoms with E-state index in [2.05, 4.69) is 20.7 Å². The van der Waals surface area contributed by atoms with Gasteiger partial charge in [-0.2, -0.15) is 5.10 Å². The van der Waals surface area contributed by atoms with E-state index in [1.807, 2.05) is 0 Å². The summed E-state index contributed by atoms with van der Waals surface area (Å²) < 4.78 is 10.6. The SMILES string of the molecule is O=C(NCC1CCCO1)c1n[nH]c2c1CCN(C(=O)CCc1cc(Cl)no1)C2. The largest absolute Gasteiger partial charge is 0.376 e. The Morgan fingerprint density at radius 2 is 2.32 bits per heavy atom. The van der Waals surface area contributed by atoms with E-state index >= 15 is 0 Å². The van der Waals surface area contributed by atoms with Crippen molar-refractivity contribution in [2.24, 2.45) is 0 Å². The third-order valence-electron chi connectivity index (χ3n) is 5.13. The number of hydrogen-bond acceptors (Lipinski definition) is 6. The van der Waals surface area contributed by atoms with E-state index in [-0.39, 0.29) is 23.1 Å². The number of hydrogen-bond donors (Lipinski definition) is 2. The first-order valence-corrected chi connectivity index (χ1v) is 9.82. The van der Waals surface area contributed by atoms with E-state index < -0.39 is 0 Å². The van der Waals surface area contributed by atoms with Gasteiger partial charge in [-0.15, -0.1) is 0 Å². The molecule has 2 aliphatic rings. The number of H-pyrrole nitrogens is 1. The number of aryl methyl sites for hydroxylation is 1. The Morgan fingerprint density at radius 1 is 1.43 bits per heavy atom. The van der Waals surface area contributed by atoms with Crippen molar-refractivity contribution in [3.63, 3.8) is 0 Å². The second-order valence-electron chi connectivity index (χ2n) is 7.06. The van der Waals surface area contributed by atoms with Crippen LogP contribution < -0.4 is 5.32 Å². The molecule has 1 unspecified atom stereocenters. The van der Waals surface area contributed by atoms with Crippen LogP contribution in [0.4, 0.5) is 0 Å². The predicted molar refractivity (Wildman–Crippen MR) is 98.8 cm³/mol.